The lowest BCUT2D eigenvalue weighted by molar-refractivity contribution is 0.101. The summed E-state index contributed by atoms with van der Waals surface area (Å²) in [6.45, 7) is 1.50. The maximum absolute atomic E-state index is 10.9. The van der Waals surface area contributed by atoms with Gasteiger partial charge in [0, 0.05) is 6.92 Å². The average molecular weight is 197 g/mol. The first-order valence-corrected chi connectivity index (χ1v) is 5.40. The van der Waals surface area contributed by atoms with Gasteiger partial charge in [0.25, 0.3) is 0 Å². The van der Waals surface area contributed by atoms with Crippen molar-refractivity contribution in [3.05, 3.63) is 17.8 Å². The molecule has 3 nitrogen and oxygen atoms in total. The fraction of sp³-hybridized carbons (Fsp3) is 0.556. The van der Waals surface area contributed by atoms with Crippen LogP contribution in [0.1, 0.15) is 41.4 Å². The molecule has 0 spiro atoms. The zero-order valence-electron chi connectivity index (χ0n) is 7.45. The van der Waals surface area contributed by atoms with Crippen molar-refractivity contribution in [3.63, 3.8) is 0 Å². The molecular formula is C9H11NO2S. The molecule has 0 amide bonds. The maximum Gasteiger partial charge on any atom is 0.207 e. The quantitative estimate of drug-likeness (QED) is 0.683. The van der Waals surface area contributed by atoms with Crippen molar-refractivity contribution in [3.8, 4) is 0 Å². The Morgan fingerprint density at radius 1 is 1.77 bits per heavy atom. The van der Waals surface area contributed by atoms with E-state index in [4.69, 9.17) is 4.42 Å². The fourth-order valence-electron chi connectivity index (χ4n) is 1.37. The van der Waals surface area contributed by atoms with Crippen LogP contribution < -0.4 is 0 Å². The van der Waals surface area contributed by atoms with Crippen LogP contribution in [-0.2, 0) is 0 Å². The normalized spacial score (nSPS) is 22.1. The molecule has 1 fully saturated rings. The molecule has 4 heteroatoms. The monoisotopic (exact) mass is 197 g/mol. The van der Waals surface area contributed by atoms with E-state index in [1.165, 1.54) is 25.4 Å². The summed E-state index contributed by atoms with van der Waals surface area (Å²) in [5.41, 5.74) is 0.447. The molecule has 2 heterocycles. The molecule has 1 saturated heterocycles. The Bertz CT molecular complexity index is 315. The van der Waals surface area contributed by atoms with E-state index in [0.29, 0.717) is 16.8 Å². The second-order valence-corrected chi connectivity index (χ2v) is 4.44. The highest BCUT2D eigenvalue weighted by atomic mass is 32.2. The molecule has 1 aromatic rings. The Labute approximate surface area is 80.9 Å². The molecule has 1 unspecified atom stereocenters. The topological polar surface area (TPSA) is 43.1 Å². The highest BCUT2D eigenvalue weighted by molar-refractivity contribution is 7.99. The summed E-state index contributed by atoms with van der Waals surface area (Å²) in [5, 5.41) is 0.369. The van der Waals surface area contributed by atoms with E-state index in [1.54, 1.807) is 0 Å². The molecule has 1 aliphatic rings. The first kappa shape index (κ1) is 8.81. The number of ketones is 1. The van der Waals surface area contributed by atoms with Gasteiger partial charge in [-0.2, -0.15) is 0 Å². The van der Waals surface area contributed by atoms with Crippen molar-refractivity contribution >= 4 is 17.5 Å². The fourth-order valence-corrected chi connectivity index (χ4v) is 2.57. The van der Waals surface area contributed by atoms with Crippen LogP contribution in [0.25, 0.3) is 0 Å². The van der Waals surface area contributed by atoms with Crippen molar-refractivity contribution < 1.29 is 9.21 Å². The minimum atomic E-state index is -0.0296. The first-order chi connectivity index (χ1) is 6.27. The standard InChI is InChI=1S/C9H11NO2S/c1-6(11)7-5-12-9(10-7)8-3-2-4-13-8/h5,8H,2-4H2,1H3. The third-order valence-corrected chi connectivity index (χ3v) is 3.45. The van der Waals surface area contributed by atoms with Crippen molar-refractivity contribution in [1.29, 1.82) is 0 Å². The molecule has 0 radical (unpaired) electrons. The summed E-state index contributed by atoms with van der Waals surface area (Å²) >= 11 is 1.85. The lowest BCUT2D eigenvalue weighted by atomic mass is 10.2. The zero-order valence-corrected chi connectivity index (χ0v) is 8.26. The van der Waals surface area contributed by atoms with E-state index in [2.05, 4.69) is 4.98 Å². The van der Waals surface area contributed by atoms with Gasteiger partial charge in [-0.15, -0.1) is 11.8 Å². The number of rotatable bonds is 2. The number of hydrogen-bond donors (Lipinski definition) is 0. The van der Waals surface area contributed by atoms with Gasteiger partial charge in [0.15, 0.2) is 5.78 Å². The molecule has 1 aromatic heterocycles. The van der Waals surface area contributed by atoms with Gasteiger partial charge in [-0.25, -0.2) is 4.98 Å². The predicted molar refractivity (Wildman–Crippen MR) is 50.9 cm³/mol. The SMILES string of the molecule is CC(=O)c1coc(C2CCCS2)n1. The molecular weight excluding hydrogens is 186 g/mol. The van der Waals surface area contributed by atoms with Crippen molar-refractivity contribution in [1.82, 2.24) is 4.98 Å². The number of thioether (sulfide) groups is 1. The third-order valence-electron chi connectivity index (χ3n) is 2.09. The summed E-state index contributed by atoms with van der Waals surface area (Å²) in [6, 6.07) is 0. The summed E-state index contributed by atoms with van der Waals surface area (Å²) < 4.78 is 5.26. The van der Waals surface area contributed by atoms with Crippen LogP contribution >= 0.6 is 11.8 Å². The smallest absolute Gasteiger partial charge is 0.207 e. The Morgan fingerprint density at radius 3 is 3.15 bits per heavy atom. The number of Topliss-reactive ketones (excluding diaryl/α,β-unsaturated/α-hetero) is 1. The molecule has 1 aliphatic heterocycles. The zero-order chi connectivity index (χ0) is 9.26. The second kappa shape index (κ2) is 3.54. The summed E-state index contributed by atoms with van der Waals surface area (Å²) in [5.74, 6) is 1.85. The molecule has 1 atom stereocenters. The van der Waals surface area contributed by atoms with Crippen LogP contribution in [0.2, 0.25) is 0 Å². The van der Waals surface area contributed by atoms with Gasteiger partial charge >= 0.3 is 0 Å². The van der Waals surface area contributed by atoms with Gasteiger partial charge in [0.05, 0.1) is 5.25 Å². The van der Waals surface area contributed by atoms with Gasteiger partial charge in [-0.3, -0.25) is 4.79 Å². The van der Waals surface area contributed by atoms with Gasteiger partial charge in [0.1, 0.15) is 12.0 Å². The molecule has 0 aliphatic carbocycles. The van der Waals surface area contributed by atoms with Crippen LogP contribution in [0.15, 0.2) is 10.7 Å². The first-order valence-electron chi connectivity index (χ1n) is 4.35. The highest BCUT2D eigenvalue weighted by Crippen LogP contribution is 2.39. The number of oxazole rings is 1. The molecule has 0 aromatic carbocycles. The highest BCUT2D eigenvalue weighted by Gasteiger charge is 2.22. The molecule has 0 saturated carbocycles. The van der Waals surface area contributed by atoms with Gasteiger partial charge in [0.2, 0.25) is 5.89 Å². The van der Waals surface area contributed by atoms with Crippen LogP contribution in [-0.4, -0.2) is 16.5 Å². The Morgan fingerprint density at radius 2 is 2.62 bits per heavy atom. The summed E-state index contributed by atoms with van der Waals surface area (Å²) in [6.07, 6.45) is 3.78. The number of nitrogens with zero attached hydrogens (tertiary/aromatic N) is 1. The number of carbonyl (C=O) groups excluding carboxylic acids is 1. The molecule has 0 N–H and O–H groups in total. The Kier molecular flexibility index (Phi) is 2.40. The van der Waals surface area contributed by atoms with E-state index in [1.807, 2.05) is 11.8 Å². The maximum atomic E-state index is 10.9. The number of carbonyl (C=O) groups is 1. The van der Waals surface area contributed by atoms with Gasteiger partial charge in [-0.1, -0.05) is 0 Å². The molecule has 70 valence electrons. The minimum Gasteiger partial charge on any atom is -0.447 e. The van der Waals surface area contributed by atoms with Crippen molar-refractivity contribution in [2.45, 2.75) is 25.0 Å². The Hall–Kier alpha value is -0.770. The lowest BCUT2D eigenvalue weighted by Gasteiger charge is -2.00. The van der Waals surface area contributed by atoms with E-state index < -0.39 is 0 Å². The van der Waals surface area contributed by atoms with Crippen LogP contribution in [0, 0.1) is 0 Å². The minimum absolute atomic E-state index is 0.0296. The molecule has 0 bridgehead atoms. The largest absolute Gasteiger partial charge is 0.447 e. The van der Waals surface area contributed by atoms with Crippen LogP contribution in [0.4, 0.5) is 0 Å². The third kappa shape index (κ3) is 1.77. The summed E-state index contributed by atoms with van der Waals surface area (Å²) in [7, 11) is 0. The van der Waals surface area contributed by atoms with Gasteiger partial charge < -0.3 is 4.42 Å². The lowest BCUT2D eigenvalue weighted by Crippen LogP contribution is -1.94. The van der Waals surface area contributed by atoms with E-state index >= 15 is 0 Å². The van der Waals surface area contributed by atoms with Crippen LogP contribution in [0.3, 0.4) is 0 Å². The van der Waals surface area contributed by atoms with Gasteiger partial charge in [-0.05, 0) is 18.6 Å². The molecule has 2 rings (SSSR count). The van der Waals surface area contributed by atoms with E-state index in [-0.39, 0.29) is 5.78 Å². The van der Waals surface area contributed by atoms with Crippen molar-refractivity contribution in [2.75, 3.05) is 5.75 Å². The average Bonchev–Trinajstić information content (AvgIpc) is 2.75. The second-order valence-electron chi connectivity index (χ2n) is 3.13. The predicted octanol–water partition coefficient (Wildman–Crippen LogP) is 2.45. The van der Waals surface area contributed by atoms with E-state index in [9.17, 15) is 4.79 Å². The number of hydrogen-bond acceptors (Lipinski definition) is 4. The Balaban J connectivity index is 2.16. The summed E-state index contributed by atoms with van der Waals surface area (Å²) in [4.78, 5) is 15.1. The van der Waals surface area contributed by atoms with Crippen LogP contribution in [0.5, 0.6) is 0 Å². The molecule has 13 heavy (non-hydrogen) atoms. The van der Waals surface area contributed by atoms with Crippen molar-refractivity contribution in [2.24, 2.45) is 0 Å². The van der Waals surface area contributed by atoms with E-state index in [0.717, 1.165) is 6.42 Å². The number of aromatic nitrogens is 1.